The van der Waals surface area contributed by atoms with Crippen LogP contribution in [0.4, 0.5) is 0 Å². The molecule has 0 spiro atoms. The number of hydrogen-bond donors (Lipinski definition) is 2. The maximum atomic E-state index is 6.17. The summed E-state index contributed by atoms with van der Waals surface area (Å²) in [4.78, 5) is 0. The van der Waals surface area contributed by atoms with Crippen molar-refractivity contribution < 1.29 is 0 Å². The van der Waals surface area contributed by atoms with Crippen LogP contribution in [0.5, 0.6) is 0 Å². The fourth-order valence-corrected chi connectivity index (χ4v) is 2.92. The molecule has 0 radical (unpaired) electrons. The molecular weight excluding hydrogens is 184 g/mol. The Kier molecular flexibility index (Phi) is 3.09. The SMILES string of the molecule is CCC1(CNCC2(C)CCCC2N)CC1. The lowest BCUT2D eigenvalue weighted by Crippen LogP contribution is -2.43. The van der Waals surface area contributed by atoms with Gasteiger partial charge in [0.2, 0.25) is 0 Å². The highest BCUT2D eigenvalue weighted by Crippen LogP contribution is 2.48. The van der Waals surface area contributed by atoms with Crippen molar-refractivity contribution >= 4 is 0 Å². The fourth-order valence-electron chi connectivity index (χ4n) is 2.92. The summed E-state index contributed by atoms with van der Waals surface area (Å²) >= 11 is 0. The molecular formula is C13H26N2. The zero-order valence-electron chi connectivity index (χ0n) is 10.3. The predicted molar refractivity (Wildman–Crippen MR) is 64.8 cm³/mol. The summed E-state index contributed by atoms with van der Waals surface area (Å²) in [5.41, 5.74) is 7.20. The van der Waals surface area contributed by atoms with Crippen molar-refractivity contribution in [1.82, 2.24) is 5.32 Å². The molecule has 0 saturated heterocycles. The van der Waals surface area contributed by atoms with Gasteiger partial charge in [0.1, 0.15) is 0 Å². The van der Waals surface area contributed by atoms with Gasteiger partial charge in [-0.1, -0.05) is 20.3 Å². The van der Waals surface area contributed by atoms with Gasteiger partial charge in [-0.05, 0) is 42.9 Å². The van der Waals surface area contributed by atoms with Gasteiger partial charge in [0, 0.05) is 19.1 Å². The van der Waals surface area contributed by atoms with Crippen LogP contribution in [0.3, 0.4) is 0 Å². The van der Waals surface area contributed by atoms with E-state index in [9.17, 15) is 0 Å². The van der Waals surface area contributed by atoms with E-state index in [2.05, 4.69) is 19.2 Å². The summed E-state index contributed by atoms with van der Waals surface area (Å²) < 4.78 is 0. The van der Waals surface area contributed by atoms with Gasteiger partial charge in [-0.2, -0.15) is 0 Å². The molecule has 2 atom stereocenters. The Hall–Kier alpha value is -0.0800. The Balaban J connectivity index is 1.73. The minimum Gasteiger partial charge on any atom is -0.327 e. The molecule has 2 aliphatic rings. The van der Waals surface area contributed by atoms with Crippen LogP contribution in [-0.2, 0) is 0 Å². The molecule has 2 unspecified atom stereocenters. The zero-order valence-corrected chi connectivity index (χ0v) is 10.3. The van der Waals surface area contributed by atoms with E-state index in [1.165, 1.54) is 45.1 Å². The Labute approximate surface area is 94.0 Å². The Morgan fingerprint density at radius 3 is 2.47 bits per heavy atom. The molecule has 0 aromatic carbocycles. The van der Waals surface area contributed by atoms with Crippen molar-refractivity contribution in [3.05, 3.63) is 0 Å². The zero-order chi connectivity index (χ0) is 10.9. The third-order valence-electron chi connectivity index (χ3n) is 4.89. The van der Waals surface area contributed by atoms with Crippen molar-refractivity contribution in [3.63, 3.8) is 0 Å². The van der Waals surface area contributed by atoms with E-state index in [0.717, 1.165) is 6.54 Å². The van der Waals surface area contributed by atoms with Crippen LogP contribution in [0.2, 0.25) is 0 Å². The summed E-state index contributed by atoms with van der Waals surface area (Å²) in [7, 11) is 0. The molecule has 88 valence electrons. The van der Waals surface area contributed by atoms with Crippen molar-refractivity contribution in [1.29, 1.82) is 0 Å². The minimum absolute atomic E-state index is 0.365. The molecule has 3 N–H and O–H groups in total. The van der Waals surface area contributed by atoms with Gasteiger partial charge in [0.25, 0.3) is 0 Å². The highest BCUT2D eigenvalue weighted by Gasteiger charge is 2.41. The molecule has 0 heterocycles. The highest BCUT2D eigenvalue weighted by molar-refractivity contribution is 4.96. The largest absolute Gasteiger partial charge is 0.327 e. The van der Waals surface area contributed by atoms with Gasteiger partial charge >= 0.3 is 0 Å². The molecule has 0 aromatic heterocycles. The van der Waals surface area contributed by atoms with Crippen molar-refractivity contribution in [2.75, 3.05) is 13.1 Å². The molecule has 2 heteroatoms. The lowest BCUT2D eigenvalue weighted by Gasteiger charge is -2.30. The van der Waals surface area contributed by atoms with Crippen molar-refractivity contribution in [3.8, 4) is 0 Å². The molecule has 2 nitrogen and oxygen atoms in total. The third-order valence-corrected chi connectivity index (χ3v) is 4.89. The van der Waals surface area contributed by atoms with Gasteiger partial charge in [-0.15, -0.1) is 0 Å². The summed E-state index contributed by atoms with van der Waals surface area (Å²) in [5.74, 6) is 0. The maximum Gasteiger partial charge on any atom is 0.0105 e. The fraction of sp³-hybridized carbons (Fsp3) is 1.00. The van der Waals surface area contributed by atoms with Gasteiger partial charge in [0.15, 0.2) is 0 Å². The molecule has 0 amide bonds. The quantitative estimate of drug-likeness (QED) is 0.730. The van der Waals surface area contributed by atoms with Crippen molar-refractivity contribution in [2.24, 2.45) is 16.6 Å². The van der Waals surface area contributed by atoms with Gasteiger partial charge in [-0.25, -0.2) is 0 Å². The summed E-state index contributed by atoms with van der Waals surface area (Å²) in [6.07, 6.45) is 8.04. The second-order valence-electron chi connectivity index (χ2n) is 6.11. The Morgan fingerprint density at radius 1 is 1.27 bits per heavy atom. The Morgan fingerprint density at radius 2 is 2.00 bits per heavy atom. The molecule has 0 aliphatic heterocycles. The maximum absolute atomic E-state index is 6.17. The summed E-state index contributed by atoms with van der Waals surface area (Å²) in [5, 5.41) is 3.67. The van der Waals surface area contributed by atoms with E-state index >= 15 is 0 Å². The first-order valence-corrected chi connectivity index (χ1v) is 6.57. The first-order chi connectivity index (χ1) is 7.10. The van der Waals surface area contributed by atoms with Crippen molar-refractivity contribution in [2.45, 2.75) is 58.4 Å². The van der Waals surface area contributed by atoms with E-state index in [1.54, 1.807) is 0 Å². The smallest absolute Gasteiger partial charge is 0.0105 e. The molecule has 2 rings (SSSR count). The first-order valence-electron chi connectivity index (χ1n) is 6.57. The molecule has 2 fully saturated rings. The van der Waals surface area contributed by atoms with E-state index in [0.29, 0.717) is 16.9 Å². The third kappa shape index (κ3) is 2.36. The highest BCUT2D eigenvalue weighted by atomic mass is 14.9. The topological polar surface area (TPSA) is 38.0 Å². The van der Waals surface area contributed by atoms with Crippen LogP contribution in [-0.4, -0.2) is 19.1 Å². The van der Waals surface area contributed by atoms with E-state index < -0.39 is 0 Å². The number of hydrogen-bond acceptors (Lipinski definition) is 2. The van der Waals surface area contributed by atoms with Crippen LogP contribution >= 0.6 is 0 Å². The normalized spacial score (nSPS) is 38.2. The van der Waals surface area contributed by atoms with E-state index in [4.69, 9.17) is 5.73 Å². The number of nitrogens with two attached hydrogens (primary N) is 1. The average Bonchev–Trinajstić information content (AvgIpc) is 2.91. The van der Waals surface area contributed by atoms with Crippen LogP contribution in [0, 0.1) is 10.8 Å². The standard InChI is InChI=1S/C13H26N2/c1-3-13(7-8-13)10-15-9-12(2)6-4-5-11(12)14/h11,15H,3-10,14H2,1-2H3. The van der Waals surface area contributed by atoms with Crippen LogP contribution in [0.1, 0.15) is 52.4 Å². The van der Waals surface area contributed by atoms with Gasteiger partial charge in [0.05, 0.1) is 0 Å². The molecule has 2 aliphatic carbocycles. The summed E-state index contributed by atoms with van der Waals surface area (Å²) in [6, 6.07) is 0.418. The molecule has 15 heavy (non-hydrogen) atoms. The molecule has 0 bridgehead atoms. The monoisotopic (exact) mass is 210 g/mol. The predicted octanol–water partition coefficient (Wildman–Crippen LogP) is 2.28. The Bertz CT molecular complexity index is 223. The number of nitrogens with one attached hydrogen (secondary N) is 1. The molecule has 2 saturated carbocycles. The lowest BCUT2D eigenvalue weighted by molar-refractivity contribution is 0.266. The van der Waals surface area contributed by atoms with Crippen LogP contribution < -0.4 is 11.1 Å². The lowest BCUT2D eigenvalue weighted by atomic mass is 9.85. The number of rotatable bonds is 5. The van der Waals surface area contributed by atoms with E-state index in [-0.39, 0.29) is 0 Å². The minimum atomic E-state index is 0.365. The second-order valence-corrected chi connectivity index (χ2v) is 6.11. The van der Waals surface area contributed by atoms with E-state index in [1.807, 2.05) is 0 Å². The second kappa shape index (κ2) is 4.06. The van der Waals surface area contributed by atoms with Gasteiger partial charge in [-0.3, -0.25) is 0 Å². The van der Waals surface area contributed by atoms with Crippen LogP contribution in [0.15, 0.2) is 0 Å². The van der Waals surface area contributed by atoms with Crippen LogP contribution in [0.25, 0.3) is 0 Å². The molecule has 0 aromatic rings. The van der Waals surface area contributed by atoms with Gasteiger partial charge < -0.3 is 11.1 Å². The average molecular weight is 210 g/mol. The first kappa shape index (κ1) is 11.4. The summed E-state index contributed by atoms with van der Waals surface area (Å²) in [6.45, 7) is 7.00.